The van der Waals surface area contributed by atoms with Crippen molar-refractivity contribution in [3.05, 3.63) is 71.3 Å². The van der Waals surface area contributed by atoms with E-state index in [4.69, 9.17) is 11.6 Å². The lowest BCUT2D eigenvalue weighted by Crippen LogP contribution is -2.52. The number of carbonyl (C=O) groups excluding carboxylic acids is 1. The Kier molecular flexibility index (Phi) is 7.04. The van der Waals surface area contributed by atoms with Crippen molar-refractivity contribution in [1.29, 1.82) is 0 Å². The predicted molar refractivity (Wildman–Crippen MR) is 113 cm³/mol. The molecular formula is C22H26ClN3O. The molecule has 1 amide bonds. The molecule has 1 heterocycles. The molecule has 1 fully saturated rings. The highest BCUT2D eigenvalue weighted by Gasteiger charge is 2.25. The standard InChI is InChI=1S/C22H26ClN3O/c1-18(22(27)24-21-12-6-5-11-20(21)23)26-16-14-25(15-17-26)13-7-10-19-8-3-2-4-9-19/h2-12,18H,13-17H2,1H3,(H,24,27)/b10-7+/t18-/m1/s1. The summed E-state index contributed by atoms with van der Waals surface area (Å²) in [4.78, 5) is 17.2. The molecule has 27 heavy (non-hydrogen) atoms. The number of halogens is 1. The van der Waals surface area contributed by atoms with Gasteiger partial charge in [0.05, 0.1) is 16.8 Å². The molecule has 0 spiro atoms. The fourth-order valence-corrected chi connectivity index (χ4v) is 3.38. The molecule has 0 aromatic heterocycles. The number of nitrogens with one attached hydrogen (secondary N) is 1. The second-order valence-corrected chi connectivity index (χ2v) is 7.20. The number of benzene rings is 2. The third-order valence-electron chi connectivity index (χ3n) is 4.94. The van der Waals surface area contributed by atoms with E-state index in [0.717, 1.165) is 32.7 Å². The van der Waals surface area contributed by atoms with Crippen LogP contribution in [0.15, 0.2) is 60.7 Å². The van der Waals surface area contributed by atoms with E-state index in [1.165, 1.54) is 5.56 Å². The van der Waals surface area contributed by atoms with Crippen molar-refractivity contribution < 1.29 is 4.79 Å². The van der Waals surface area contributed by atoms with Gasteiger partial charge in [0, 0.05) is 32.7 Å². The SMILES string of the molecule is C[C@H](C(=O)Nc1ccccc1Cl)N1CCN(C/C=C/c2ccccc2)CC1. The molecule has 1 N–H and O–H groups in total. The highest BCUT2D eigenvalue weighted by atomic mass is 35.5. The van der Waals surface area contributed by atoms with Crippen LogP contribution in [0.3, 0.4) is 0 Å². The summed E-state index contributed by atoms with van der Waals surface area (Å²) >= 11 is 6.13. The van der Waals surface area contributed by atoms with Gasteiger partial charge in [0.25, 0.3) is 0 Å². The first kappa shape index (κ1) is 19.6. The lowest BCUT2D eigenvalue weighted by Gasteiger charge is -2.37. The fraction of sp³-hybridized carbons (Fsp3) is 0.318. The van der Waals surface area contributed by atoms with Crippen LogP contribution in [-0.4, -0.2) is 54.5 Å². The summed E-state index contributed by atoms with van der Waals surface area (Å²) in [7, 11) is 0. The lowest BCUT2D eigenvalue weighted by molar-refractivity contribution is -0.121. The summed E-state index contributed by atoms with van der Waals surface area (Å²) in [5.41, 5.74) is 1.89. The third-order valence-corrected chi connectivity index (χ3v) is 5.27. The van der Waals surface area contributed by atoms with Crippen LogP contribution < -0.4 is 5.32 Å². The molecule has 0 saturated carbocycles. The number of amides is 1. The summed E-state index contributed by atoms with van der Waals surface area (Å²) < 4.78 is 0. The summed E-state index contributed by atoms with van der Waals surface area (Å²) in [6.45, 7) is 6.58. The average Bonchev–Trinajstić information content (AvgIpc) is 2.70. The second kappa shape index (κ2) is 9.70. The van der Waals surface area contributed by atoms with Crippen molar-refractivity contribution in [3.63, 3.8) is 0 Å². The summed E-state index contributed by atoms with van der Waals surface area (Å²) in [6.07, 6.45) is 4.37. The maximum Gasteiger partial charge on any atom is 0.241 e. The molecule has 0 unspecified atom stereocenters. The quantitative estimate of drug-likeness (QED) is 0.819. The van der Waals surface area contributed by atoms with E-state index in [1.807, 2.05) is 43.3 Å². The molecule has 2 aromatic carbocycles. The van der Waals surface area contributed by atoms with E-state index in [1.54, 1.807) is 6.07 Å². The largest absolute Gasteiger partial charge is 0.323 e. The number of piperazine rings is 1. The number of anilines is 1. The van der Waals surface area contributed by atoms with Crippen molar-refractivity contribution in [1.82, 2.24) is 9.80 Å². The van der Waals surface area contributed by atoms with Gasteiger partial charge >= 0.3 is 0 Å². The first-order valence-electron chi connectivity index (χ1n) is 9.37. The number of hydrogen-bond acceptors (Lipinski definition) is 3. The zero-order valence-electron chi connectivity index (χ0n) is 15.6. The molecule has 1 saturated heterocycles. The van der Waals surface area contributed by atoms with Crippen molar-refractivity contribution in [2.75, 3.05) is 38.0 Å². The second-order valence-electron chi connectivity index (χ2n) is 6.79. The zero-order valence-corrected chi connectivity index (χ0v) is 16.4. The van der Waals surface area contributed by atoms with Crippen LogP contribution >= 0.6 is 11.6 Å². The Morgan fingerprint density at radius 2 is 1.74 bits per heavy atom. The van der Waals surface area contributed by atoms with Crippen LogP contribution in [0.25, 0.3) is 6.08 Å². The van der Waals surface area contributed by atoms with E-state index < -0.39 is 0 Å². The fourth-order valence-electron chi connectivity index (χ4n) is 3.20. The molecule has 0 radical (unpaired) electrons. The van der Waals surface area contributed by atoms with Gasteiger partial charge in [0.15, 0.2) is 0 Å². The molecule has 142 valence electrons. The zero-order chi connectivity index (χ0) is 19.1. The molecule has 1 aliphatic heterocycles. The van der Waals surface area contributed by atoms with Crippen LogP contribution in [-0.2, 0) is 4.79 Å². The Bertz CT molecular complexity index is 770. The molecule has 1 atom stereocenters. The molecule has 1 aliphatic rings. The van der Waals surface area contributed by atoms with E-state index in [2.05, 4.69) is 39.4 Å². The molecule has 0 bridgehead atoms. The Morgan fingerprint density at radius 1 is 1.07 bits per heavy atom. The molecular weight excluding hydrogens is 358 g/mol. The predicted octanol–water partition coefficient (Wildman–Crippen LogP) is 4.00. The topological polar surface area (TPSA) is 35.6 Å². The van der Waals surface area contributed by atoms with Gasteiger partial charge in [-0.2, -0.15) is 0 Å². The number of carbonyl (C=O) groups is 1. The number of para-hydroxylation sites is 1. The lowest BCUT2D eigenvalue weighted by atomic mass is 10.2. The highest BCUT2D eigenvalue weighted by molar-refractivity contribution is 6.33. The Morgan fingerprint density at radius 3 is 2.44 bits per heavy atom. The van der Waals surface area contributed by atoms with E-state index >= 15 is 0 Å². The number of nitrogens with zero attached hydrogens (tertiary/aromatic N) is 2. The molecule has 4 nitrogen and oxygen atoms in total. The number of rotatable bonds is 6. The molecule has 3 rings (SSSR count). The minimum absolute atomic E-state index is 0.0134. The van der Waals surface area contributed by atoms with Crippen molar-refractivity contribution in [2.45, 2.75) is 13.0 Å². The van der Waals surface area contributed by atoms with E-state index in [-0.39, 0.29) is 11.9 Å². The summed E-state index contributed by atoms with van der Waals surface area (Å²) in [6, 6.07) is 17.5. The van der Waals surface area contributed by atoms with Crippen LogP contribution in [0, 0.1) is 0 Å². The smallest absolute Gasteiger partial charge is 0.241 e. The van der Waals surface area contributed by atoms with Crippen molar-refractivity contribution in [2.24, 2.45) is 0 Å². The van der Waals surface area contributed by atoms with E-state index in [0.29, 0.717) is 10.7 Å². The van der Waals surface area contributed by atoms with Crippen LogP contribution in [0.1, 0.15) is 12.5 Å². The first-order valence-corrected chi connectivity index (χ1v) is 9.74. The van der Waals surface area contributed by atoms with Crippen LogP contribution in [0.2, 0.25) is 5.02 Å². The van der Waals surface area contributed by atoms with Gasteiger partial charge in [-0.05, 0) is 24.6 Å². The monoisotopic (exact) mass is 383 g/mol. The van der Waals surface area contributed by atoms with E-state index in [9.17, 15) is 4.79 Å². The van der Waals surface area contributed by atoms with Gasteiger partial charge in [-0.1, -0.05) is 66.2 Å². The van der Waals surface area contributed by atoms with Crippen LogP contribution in [0.5, 0.6) is 0 Å². The Labute approximate surface area is 166 Å². The van der Waals surface area contributed by atoms with Gasteiger partial charge in [-0.3, -0.25) is 14.6 Å². The van der Waals surface area contributed by atoms with Crippen molar-refractivity contribution in [3.8, 4) is 0 Å². The normalized spacial score (nSPS) is 17.1. The van der Waals surface area contributed by atoms with Crippen LogP contribution in [0.4, 0.5) is 5.69 Å². The maximum absolute atomic E-state index is 12.5. The minimum atomic E-state index is -0.178. The van der Waals surface area contributed by atoms with Gasteiger partial charge in [0.1, 0.15) is 0 Å². The summed E-state index contributed by atoms with van der Waals surface area (Å²) in [5.74, 6) is -0.0134. The third kappa shape index (κ3) is 5.67. The summed E-state index contributed by atoms with van der Waals surface area (Å²) in [5, 5.41) is 3.50. The maximum atomic E-state index is 12.5. The van der Waals surface area contributed by atoms with Gasteiger partial charge in [0.2, 0.25) is 5.91 Å². The Hall–Kier alpha value is -2.14. The molecule has 2 aromatic rings. The molecule has 5 heteroatoms. The highest BCUT2D eigenvalue weighted by Crippen LogP contribution is 2.21. The van der Waals surface area contributed by atoms with Crippen molar-refractivity contribution >= 4 is 29.3 Å². The number of hydrogen-bond donors (Lipinski definition) is 1. The first-order chi connectivity index (χ1) is 13.1. The van der Waals surface area contributed by atoms with Gasteiger partial charge < -0.3 is 5.32 Å². The Balaban J connectivity index is 1.45. The average molecular weight is 384 g/mol. The minimum Gasteiger partial charge on any atom is -0.323 e. The molecule has 0 aliphatic carbocycles. The van der Waals surface area contributed by atoms with Gasteiger partial charge in [-0.15, -0.1) is 0 Å². The van der Waals surface area contributed by atoms with Gasteiger partial charge in [-0.25, -0.2) is 0 Å².